The van der Waals surface area contributed by atoms with E-state index in [9.17, 15) is 14.7 Å². The monoisotopic (exact) mass is 371 g/mol. The summed E-state index contributed by atoms with van der Waals surface area (Å²) < 4.78 is 5.11. The molecule has 1 aromatic carbocycles. The van der Waals surface area contributed by atoms with Gasteiger partial charge in [0.15, 0.2) is 5.76 Å². The van der Waals surface area contributed by atoms with Crippen LogP contribution in [0, 0.1) is 5.92 Å². The van der Waals surface area contributed by atoms with Crippen LogP contribution in [0.1, 0.15) is 24.4 Å². The predicted molar refractivity (Wildman–Crippen MR) is 102 cm³/mol. The number of hydrogen-bond acceptors (Lipinski definition) is 5. The molecule has 2 N–H and O–H groups in total. The Morgan fingerprint density at radius 3 is 2.30 bits per heavy atom. The van der Waals surface area contributed by atoms with Gasteiger partial charge in [-0.2, -0.15) is 0 Å². The number of carbonyl (C=O) groups is 2. The van der Waals surface area contributed by atoms with Crippen molar-refractivity contribution < 1.29 is 19.1 Å². The first-order chi connectivity index (χ1) is 13.0. The Bertz CT molecular complexity index is 763. The molecule has 7 nitrogen and oxygen atoms in total. The Balaban J connectivity index is 1.60. The summed E-state index contributed by atoms with van der Waals surface area (Å²) in [4.78, 5) is 29.2. The summed E-state index contributed by atoms with van der Waals surface area (Å²) in [6.45, 7) is 6.40. The zero-order valence-electron chi connectivity index (χ0n) is 15.6. The fourth-order valence-electron chi connectivity index (χ4n) is 3.18. The number of anilines is 1. The Morgan fingerprint density at radius 1 is 1.07 bits per heavy atom. The minimum Gasteiger partial charge on any atom is -0.508 e. The fraction of sp³-hybridized carbons (Fsp3) is 0.400. The van der Waals surface area contributed by atoms with Crippen molar-refractivity contribution in [2.24, 2.45) is 5.92 Å². The van der Waals surface area contributed by atoms with E-state index in [4.69, 9.17) is 4.42 Å². The summed E-state index contributed by atoms with van der Waals surface area (Å²) in [5, 5.41) is 12.2. The number of aromatic hydroxyl groups is 1. The van der Waals surface area contributed by atoms with Crippen molar-refractivity contribution in [3.63, 3.8) is 0 Å². The zero-order valence-corrected chi connectivity index (χ0v) is 15.6. The van der Waals surface area contributed by atoms with Gasteiger partial charge in [-0.25, -0.2) is 0 Å². The fourth-order valence-corrected chi connectivity index (χ4v) is 3.18. The Labute approximate surface area is 158 Å². The van der Waals surface area contributed by atoms with Crippen molar-refractivity contribution in [1.82, 2.24) is 10.2 Å². The molecule has 0 spiro atoms. The molecule has 27 heavy (non-hydrogen) atoms. The molecule has 7 heteroatoms. The SMILES string of the molecule is CC(C)C(NC(=O)c1ccco1)C(=O)N1CCN(c2ccc(O)cc2)CC1. The van der Waals surface area contributed by atoms with Crippen LogP contribution in [0.25, 0.3) is 0 Å². The lowest BCUT2D eigenvalue weighted by molar-refractivity contribution is -0.134. The smallest absolute Gasteiger partial charge is 0.287 e. The van der Waals surface area contributed by atoms with E-state index in [0.717, 1.165) is 5.69 Å². The molecule has 1 fully saturated rings. The van der Waals surface area contributed by atoms with Crippen molar-refractivity contribution in [2.75, 3.05) is 31.1 Å². The average Bonchev–Trinajstić information content (AvgIpc) is 3.21. The van der Waals surface area contributed by atoms with Gasteiger partial charge in [0.25, 0.3) is 5.91 Å². The third-order valence-corrected chi connectivity index (χ3v) is 4.77. The number of furan rings is 1. The molecule has 2 aromatic rings. The van der Waals surface area contributed by atoms with Crippen LogP contribution in [0.2, 0.25) is 0 Å². The first-order valence-corrected chi connectivity index (χ1v) is 9.13. The first-order valence-electron chi connectivity index (χ1n) is 9.13. The van der Waals surface area contributed by atoms with E-state index in [0.29, 0.717) is 26.2 Å². The number of nitrogens with zero attached hydrogens (tertiary/aromatic N) is 2. The highest BCUT2D eigenvalue weighted by Crippen LogP contribution is 2.20. The molecule has 0 bridgehead atoms. The van der Waals surface area contributed by atoms with Gasteiger partial charge in [-0.15, -0.1) is 0 Å². The molecule has 1 aliphatic rings. The van der Waals surface area contributed by atoms with E-state index in [-0.39, 0.29) is 29.2 Å². The number of hydrogen-bond donors (Lipinski definition) is 2. The summed E-state index contributed by atoms with van der Waals surface area (Å²) in [6.07, 6.45) is 1.43. The highest BCUT2D eigenvalue weighted by molar-refractivity contribution is 5.95. The largest absolute Gasteiger partial charge is 0.508 e. The van der Waals surface area contributed by atoms with Gasteiger partial charge in [-0.1, -0.05) is 13.8 Å². The molecule has 0 aliphatic carbocycles. The zero-order chi connectivity index (χ0) is 19.4. The number of piperazine rings is 1. The maximum atomic E-state index is 13.0. The Morgan fingerprint density at radius 2 is 1.74 bits per heavy atom. The summed E-state index contributed by atoms with van der Waals surface area (Å²) in [5.74, 6) is -0.0539. The molecule has 1 aliphatic heterocycles. The van der Waals surface area contributed by atoms with Crippen molar-refractivity contribution >= 4 is 17.5 Å². The second-order valence-electron chi connectivity index (χ2n) is 7.00. The van der Waals surface area contributed by atoms with Crippen LogP contribution in [-0.4, -0.2) is 54.0 Å². The Hall–Kier alpha value is -2.96. The van der Waals surface area contributed by atoms with E-state index in [1.165, 1.54) is 6.26 Å². The first kappa shape index (κ1) is 18.8. The lowest BCUT2D eigenvalue weighted by Crippen LogP contribution is -2.56. The Kier molecular flexibility index (Phi) is 5.69. The molecule has 1 aromatic heterocycles. The molecule has 144 valence electrons. The van der Waals surface area contributed by atoms with Gasteiger partial charge in [0.1, 0.15) is 11.8 Å². The van der Waals surface area contributed by atoms with Crippen molar-refractivity contribution in [3.8, 4) is 5.75 Å². The van der Waals surface area contributed by atoms with Crippen LogP contribution >= 0.6 is 0 Å². The molecule has 0 saturated carbocycles. The van der Waals surface area contributed by atoms with Gasteiger partial charge in [0.2, 0.25) is 5.91 Å². The predicted octanol–water partition coefficient (Wildman–Crippen LogP) is 2.09. The summed E-state index contributed by atoms with van der Waals surface area (Å²) in [7, 11) is 0. The third kappa shape index (κ3) is 4.42. The van der Waals surface area contributed by atoms with Crippen LogP contribution in [0.3, 0.4) is 0 Å². The normalized spacial score (nSPS) is 15.7. The number of nitrogens with one attached hydrogen (secondary N) is 1. The standard InChI is InChI=1S/C20H25N3O4/c1-14(2)18(21-19(25)17-4-3-13-27-17)20(26)23-11-9-22(10-12-23)15-5-7-16(24)8-6-15/h3-8,13-14,18,24H,9-12H2,1-2H3,(H,21,25). The number of phenols is 1. The van der Waals surface area contributed by atoms with Crippen LogP contribution in [0.4, 0.5) is 5.69 Å². The number of benzene rings is 1. The van der Waals surface area contributed by atoms with Crippen molar-refractivity contribution in [2.45, 2.75) is 19.9 Å². The van der Waals surface area contributed by atoms with E-state index in [1.807, 2.05) is 26.0 Å². The number of carbonyl (C=O) groups excluding carboxylic acids is 2. The summed E-state index contributed by atoms with van der Waals surface area (Å²) in [6, 6.07) is 9.68. The number of rotatable bonds is 5. The van der Waals surface area contributed by atoms with Crippen LogP contribution in [-0.2, 0) is 4.79 Å². The van der Waals surface area contributed by atoms with Gasteiger partial charge >= 0.3 is 0 Å². The van der Waals surface area contributed by atoms with Gasteiger partial charge < -0.3 is 24.6 Å². The molecule has 2 heterocycles. The summed E-state index contributed by atoms with van der Waals surface area (Å²) >= 11 is 0. The maximum Gasteiger partial charge on any atom is 0.287 e. The van der Waals surface area contributed by atoms with Gasteiger partial charge in [-0.05, 0) is 42.3 Å². The van der Waals surface area contributed by atoms with Gasteiger partial charge in [-0.3, -0.25) is 9.59 Å². The maximum absolute atomic E-state index is 13.0. The highest BCUT2D eigenvalue weighted by Gasteiger charge is 2.31. The molecule has 2 amide bonds. The number of amides is 2. The average molecular weight is 371 g/mol. The van der Waals surface area contributed by atoms with Crippen LogP contribution < -0.4 is 10.2 Å². The lowest BCUT2D eigenvalue weighted by atomic mass is 10.0. The number of phenolic OH excluding ortho intramolecular Hbond substituents is 1. The molecular weight excluding hydrogens is 346 g/mol. The molecule has 1 atom stereocenters. The second-order valence-corrected chi connectivity index (χ2v) is 7.00. The van der Waals surface area contributed by atoms with E-state index < -0.39 is 6.04 Å². The van der Waals surface area contributed by atoms with E-state index in [1.54, 1.807) is 29.2 Å². The molecule has 1 saturated heterocycles. The van der Waals surface area contributed by atoms with E-state index in [2.05, 4.69) is 10.2 Å². The molecule has 3 rings (SSSR count). The summed E-state index contributed by atoms with van der Waals surface area (Å²) in [5.41, 5.74) is 1.02. The molecular formula is C20H25N3O4. The molecule has 0 radical (unpaired) electrons. The quantitative estimate of drug-likeness (QED) is 0.841. The van der Waals surface area contributed by atoms with Crippen LogP contribution in [0.15, 0.2) is 47.1 Å². The third-order valence-electron chi connectivity index (χ3n) is 4.77. The van der Waals surface area contributed by atoms with Crippen molar-refractivity contribution in [1.29, 1.82) is 0 Å². The van der Waals surface area contributed by atoms with Gasteiger partial charge in [0.05, 0.1) is 6.26 Å². The van der Waals surface area contributed by atoms with Crippen molar-refractivity contribution in [3.05, 3.63) is 48.4 Å². The van der Waals surface area contributed by atoms with Crippen LogP contribution in [0.5, 0.6) is 5.75 Å². The van der Waals surface area contributed by atoms with Gasteiger partial charge in [0, 0.05) is 31.9 Å². The minimum atomic E-state index is -0.595. The second kappa shape index (κ2) is 8.16. The van der Waals surface area contributed by atoms with E-state index >= 15 is 0 Å². The topological polar surface area (TPSA) is 86.0 Å². The lowest BCUT2D eigenvalue weighted by Gasteiger charge is -2.38. The molecule has 1 unspecified atom stereocenters. The minimum absolute atomic E-state index is 0.0356. The highest BCUT2D eigenvalue weighted by atomic mass is 16.3.